The number of aromatic nitrogens is 1. The first kappa shape index (κ1) is 30.1. The Morgan fingerprint density at radius 2 is 2.10 bits per heavy atom. The first-order valence-corrected chi connectivity index (χ1v) is 14.7. The van der Waals surface area contributed by atoms with Crippen molar-refractivity contribution in [1.29, 1.82) is 5.26 Å². The van der Waals surface area contributed by atoms with Crippen LogP contribution in [0.2, 0.25) is 0 Å². The number of carboxylic acids is 1. The number of nitrogens with one attached hydrogen (secondary N) is 1. The molecule has 40 heavy (non-hydrogen) atoms. The van der Waals surface area contributed by atoms with Crippen LogP contribution < -0.4 is 51.1 Å². The number of thiazole rings is 1. The molecular formula is C23H15N6NaO6S4. The van der Waals surface area contributed by atoms with Crippen molar-refractivity contribution in [3.8, 4) is 6.07 Å². The van der Waals surface area contributed by atoms with Gasteiger partial charge in [0.1, 0.15) is 28.7 Å². The summed E-state index contributed by atoms with van der Waals surface area (Å²) in [7, 11) is 0. The fourth-order valence-electron chi connectivity index (χ4n) is 4.07. The molecule has 5 rings (SSSR count). The molecule has 4 N–H and O–H groups in total. The molecule has 0 bridgehead atoms. The molecule has 2 amide bonds. The van der Waals surface area contributed by atoms with E-state index in [1.165, 1.54) is 28.5 Å². The summed E-state index contributed by atoms with van der Waals surface area (Å²) < 4.78 is 1.14. The molecule has 2 aliphatic heterocycles. The summed E-state index contributed by atoms with van der Waals surface area (Å²) >= 11 is 4.66. The van der Waals surface area contributed by atoms with Crippen LogP contribution in [0.25, 0.3) is 10.1 Å². The largest absolute Gasteiger partial charge is 1.00 e. The summed E-state index contributed by atoms with van der Waals surface area (Å²) in [5, 5.41) is 37.7. The molecule has 1 aromatic carbocycles. The zero-order valence-electron chi connectivity index (χ0n) is 20.4. The summed E-state index contributed by atoms with van der Waals surface area (Å²) in [5.41, 5.74) is 4.80. The zero-order chi connectivity index (χ0) is 27.8. The third-order valence-electron chi connectivity index (χ3n) is 5.86. The second-order valence-corrected chi connectivity index (χ2v) is 12.4. The van der Waals surface area contributed by atoms with Crippen molar-refractivity contribution in [3.63, 3.8) is 0 Å². The Balaban J connectivity index is 0.00000370. The minimum atomic E-state index is -1.56. The maximum absolute atomic E-state index is 13.0. The average Bonchev–Trinajstić information content (AvgIpc) is 3.35. The van der Waals surface area contributed by atoms with E-state index < -0.39 is 40.3 Å². The molecule has 12 nitrogen and oxygen atoms in total. The molecule has 2 aromatic heterocycles. The Bertz CT molecular complexity index is 1710. The number of nitrogen functional groups attached to an aromatic ring is 1. The summed E-state index contributed by atoms with van der Waals surface area (Å²) in [6.07, 6.45) is 0. The van der Waals surface area contributed by atoms with Crippen LogP contribution in [0.15, 0.2) is 55.1 Å². The number of amides is 2. The first-order valence-electron chi connectivity index (χ1n) is 11.0. The maximum Gasteiger partial charge on any atom is 1.00 e. The molecule has 3 aromatic rings. The van der Waals surface area contributed by atoms with Crippen molar-refractivity contribution in [2.24, 2.45) is 5.16 Å². The van der Waals surface area contributed by atoms with Crippen molar-refractivity contribution >= 4 is 84.9 Å². The van der Waals surface area contributed by atoms with Crippen molar-refractivity contribution < 1.29 is 54.3 Å². The van der Waals surface area contributed by atoms with Gasteiger partial charge >= 0.3 is 29.6 Å². The van der Waals surface area contributed by atoms with Gasteiger partial charge in [-0.2, -0.15) is 5.26 Å². The van der Waals surface area contributed by atoms with E-state index in [-0.39, 0.29) is 63.1 Å². The Morgan fingerprint density at radius 3 is 2.75 bits per heavy atom. The maximum atomic E-state index is 13.0. The smallest absolute Gasteiger partial charge is 0.543 e. The molecule has 2 atom stereocenters. The number of anilines is 1. The molecule has 0 aliphatic carbocycles. The minimum Gasteiger partial charge on any atom is -0.543 e. The Hall–Kier alpha value is -2.91. The van der Waals surface area contributed by atoms with Crippen molar-refractivity contribution in [2.45, 2.75) is 15.6 Å². The van der Waals surface area contributed by atoms with Gasteiger partial charge in [-0.3, -0.25) is 19.3 Å². The number of carboxylic acid groups (broad SMARTS) is 1. The number of nitrogens with zero attached hydrogens (tertiary/aromatic N) is 4. The number of carbonyl (C=O) groups excluding carboxylic acids is 3. The summed E-state index contributed by atoms with van der Waals surface area (Å²) in [5.74, 6) is -2.82. The van der Waals surface area contributed by atoms with Crippen LogP contribution in [0.4, 0.5) is 5.13 Å². The number of rotatable bonds is 7. The fourth-order valence-corrected chi connectivity index (χ4v) is 8.46. The molecule has 0 saturated carbocycles. The molecule has 1 saturated heterocycles. The Labute approximate surface area is 264 Å². The molecule has 2 aliphatic rings. The predicted octanol–water partition coefficient (Wildman–Crippen LogP) is -2.45. The number of fused-ring (bicyclic) bond motifs is 2. The van der Waals surface area contributed by atoms with Crippen LogP contribution in [-0.2, 0) is 14.4 Å². The van der Waals surface area contributed by atoms with Gasteiger partial charge in [-0.1, -0.05) is 17.3 Å². The number of β-lactam (4-membered cyclic amide) rings is 1. The van der Waals surface area contributed by atoms with Crippen LogP contribution in [-0.4, -0.2) is 61.5 Å². The van der Waals surface area contributed by atoms with Gasteiger partial charge in [0.25, 0.3) is 11.8 Å². The van der Waals surface area contributed by atoms with Crippen LogP contribution in [0.3, 0.4) is 0 Å². The van der Waals surface area contributed by atoms with E-state index in [1.54, 1.807) is 24.3 Å². The van der Waals surface area contributed by atoms with E-state index in [4.69, 9.17) is 5.73 Å². The second-order valence-electron chi connectivity index (χ2n) is 8.11. The Kier molecular flexibility index (Phi) is 9.25. The van der Waals surface area contributed by atoms with Crippen LogP contribution in [0, 0.1) is 11.3 Å². The van der Waals surface area contributed by atoms with Crippen LogP contribution in [0.1, 0.15) is 11.3 Å². The number of hydrogen-bond donors (Lipinski definition) is 3. The van der Waals surface area contributed by atoms with E-state index in [9.17, 15) is 34.8 Å². The third-order valence-corrected chi connectivity index (χ3v) is 10.4. The van der Waals surface area contributed by atoms with Gasteiger partial charge < -0.3 is 26.2 Å². The third kappa shape index (κ3) is 5.38. The average molecular weight is 623 g/mol. The van der Waals surface area contributed by atoms with E-state index in [0.29, 0.717) is 19.9 Å². The van der Waals surface area contributed by atoms with Gasteiger partial charge in [0.2, 0.25) is 5.43 Å². The summed E-state index contributed by atoms with van der Waals surface area (Å²) in [4.78, 5) is 55.4. The van der Waals surface area contributed by atoms with Gasteiger partial charge in [-0.05, 0) is 17.7 Å². The number of thioether (sulfide) groups is 2. The van der Waals surface area contributed by atoms with Crippen LogP contribution >= 0.6 is 46.2 Å². The molecule has 17 heteroatoms. The topological polar surface area (TPSA) is 202 Å². The molecule has 198 valence electrons. The standard InChI is InChI=1S/C23H16N6O6S4.Na/c24-5-11-17(30)10-3-1-2-4-13(10)39-22(11)37-7-9-6-36-20-15(19(32)29(20)16(9)21(33)34)27-18(31)14(28-35)12-8-38-23(25)26-12;/h1-4,8,15,20,35H,6-7H2,(H2,25,26)(H,27,31)(H,33,34);/q;+1/p-1/b28-14-;/t15-,20+;/m1./s1. The van der Waals surface area contributed by atoms with Gasteiger partial charge in [0, 0.05) is 27.0 Å². The normalized spacial score (nSPS) is 18.4. The number of oxime groups is 1. The summed E-state index contributed by atoms with van der Waals surface area (Å²) in [6, 6.07) is 7.77. The number of benzene rings is 1. The first-order chi connectivity index (χ1) is 18.7. The number of hydrogen-bond acceptors (Lipinski definition) is 14. The minimum absolute atomic E-state index is 0. The van der Waals surface area contributed by atoms with Gasteiger partial charge in [0.05, 0.1) is 15.9 Å². The summed E-state index contributed by atoms with van der Waals surface area (Å²) in [6.45, 7) is 0. The number of nitriles is 1. The Morgan fingerprint density at radius 1 is 1.35 bits per heavy atom. The number of nitrogens with two attached hydrogens (primary N) is 1. The van der Waals surface area contributed by atoms with Crippen molar-refractivity contribution in [1.82, 2.24) is 15.2 Å². The predicted molar refractivity (Wildman–Crippen MR) is 145 cm³/mol. The van der Waals surface area contributed by atoms with Crippen molar-refractivity contribution in [2.75, 3.05) is 17.2 Å². The molecule has 0 spiro atoms. The SMILES string of the molecule is N#Cc1c(SCC2=C(C(=O)[O-])N3C(=O)[C@@H](NC(=O)/C(=N\O)c4csc(N)n4)[C@@H]3SC2)sc2ccccc2c1=O.[Na+]. The van der Waals surface area contributed by atoms with E-state index in [0.717, 1.165) is 28.0 Å². The van der Waals surface area contributed by atoms with Gasteiger partial charge in [0.15, 0.2) is 10.8 Å². The monoisotopic (exact) mass is 622 g/mol. The van der Waals surface area contributed by atoms with Gasteiger partial charge in [-0.25, -0.2) is 4.98 Å². The van der Waals surface area contributed by atoms with E-state index >= 15 is 0 Å². The van der Waals surface area contributed by atoms with E-state index in [2.05, 4.69) is 15.5 Å². The zero-order valence-corrected chi connectivity index (χ0v) is 25.7. The fraction of sp³-hybridized carbons (Fsp3) is 0.174. The van der Waals surface area contributed by atoms with Crippen LogP contribution in [0.5, 0.6) is 0 Å². The van der Waals surface area contributed by atoms with Crippen molar-refractivity contribution in [3.05, 3.63) is 62.4 Å². The number of aliphatic carboxylic acids is 1. The molecule has 4 heterocycles. The molecule has 0 unspecified atom stereocenters. The molecule has 0 radical (unpaired) electrons. The quantitative estimate of drug-likeness (QED) is 0.0631. The molecular weight excluding hydrogens is 608 g/mol. The number of carbonyl (C=O) groups is 3. The molecule has 1 fully saturated rings. The van der Waals surface area contributed by atoms with Gasteiger partial charge in [-0.15, -0.1) is 46.2 Å². The van der Waals surface area contributed by atoms with E-state index in [1.807, 2.05) is 6.07 Å². The second kappa shape index (κ2) is 12.3.